The van der Waals surface area contributed by atoms with E-state index in [1.54, 1.807) is 50.2 Å². The van der Waals surface area contributed by atoms with Gasteiger partial charge in [0.25, 0.3) is 0 Å². The maximum atomic E-state index is 13.6. The first-order valence-corrected chi connectivity index (χ1v) is 11.2. The summed E-state index contributed by atoms with van der Waals surface area (Å²) in [5.41, 5.74) is 2.30. The van der Waals surface area contributed by atoms with Crippen molar-refractivity contribution in [1.29, 1.82) is 0 Å². The van der Waals surface area contributed by atoms with Gasteiger partial charge < -0.3 is 10.4 Å². The summed E-state index contributed by atoms with van der Waals surface area (Å²) in [5, 5.41) is 12.1. The fourth-order valence-corrected chi connectivity index (χ4v) is 5.40. The van der Waals surface area contributed by atoms with Crippen LogP contribution in [0, 0.1) is 12.8 Å². The normalized spacial score (nSPS) is 20.6. The van der Waals surface area contributed by atoms with Crippen molar-refractivity contribution in [2.45, 2.75) is 50.7 Å². The van der Waals surface area contributed by atoms with Crippen LogP contribution < -0.4 is 5.32 Å². The average molecular weight is 431 g/mol. The van der Waals surface area contributed by atoms with Gasteiger partial charge >= 0.3 is 5.97 Å². The third-order valence-electron chi connectivity index (χ3n) is 5.32. The molecule has 0 saturated heterocycles. The number of carboxylic acids is 1. The number of aryl methyl sites for hydroxylation is 1. The molecular formula is C22H26N2O5S. The Hall–Kier alpha value is -2.71. The third-order valence-corrected chi connectivity index (χ3v) is 7.16. The number of fused-ring (bicyclic) bond motifs is 1. The largest absolute Gasteiger partial charge is 0.480 e. The van der Waals surface area contributed by atoms with Crippen molar-refractivity contribution in [1.82, 2.24) is 9.62 Å². The molecule has 30 heavy (non-hydrogen) atoms. The molecule has 2 aromatic rings. The van der Waals surface area contributed by atoms with Crippen molar-refractivity contribution in [2.75, 3.05) is 0 Å². The van der Waals surface area contributed by atoms with Gasteiger partial charge in [0.2, 0.25) is 15.9 Å². The van der Waals surface area contributed by atoms with E-state index in [1.165, 1.54) is 16.4 Å². The molecule has 0 bridgehead atoms. The van der Waals surface area contributed by atoms with Crippen LogP contribution >= 0.6 is 0 Å². The summed E-state index contributed by atoms with van der Waals surface area (Å²) in [7, 11) is -4.02. The number of carbonyl (C=O) groups excluding carboxylic acids is 1. The highest BCUT2D eigenvalue weighted by atomic mass is 32.2. The zero-order chi connectivity index (χ0) is 22.1. The smallest absolute Gasteiger partial charge is 0.326 e. The molecule has 2 N–H and O–H groups in total. The molecule has 0 radical (unpaired) electrons. The van der Waals surface area contributed by atoms with E-state index in [4.69, 9.17) is 0 Å². The van der Waals surface area contributed by atoms with Crippen molar-refractivity contribution in [3.63, 3.8) is 0 Å². The number of nitrogens with one attached hydrogen (secondary N) is 1. The number of hydrogen-bond acceptors (Lipinski definition) is 4. The number of sulfonamides is 1. The van der Waals surface area contributed by atoms with Gasteiger partial charge in [0.1, 0.15) is 12.1 Å². The summed E-state index contributed by atoms with van der Waals surface area (Å²) in [6.07, 6.45) is 0.0838. The second kappa shape index (κ2) is 8.57. The minimum Gasteiger partial charge on any atom is -0.480 e. The summed E-state index contributed by atoms with van der Waals surface area (Å²) in [6.45, 7) is 5.35. The van der Waals surface area contributed by atoms with Gasteiger partial charge in [-0.25, -0.2) is 13.2 Å². The Morgan fingerprint density at radius 2 is 1.70 bits per heavy atom. The lowest BCUT2D eigenvalue weighted by Crippen LogP contribution is -2.54. The Bertz CT molecular complexity index is 1050. The zero-order valence-electron chi connectivity index (χ0n) is 17.2. The standard InChI is InChI=1S/C22H26N2O5S/c1-14(2)20-21(25)23-19(22(26)27)12-16-6-4-5-7-17(16)13-24(20)30(28,29)18-10-8-15(3)9-11-18/h4-11,14,19-20H,12-13H2,1-3H3,(H,23,25)(H,26,27)/t19-,20+/m1/s1. The van der Waals surface area contributed by atoms with Crippen LogP contribution in [0.2, 0.25) is 0 Å². The van der Waals surface area contributed by atoms with Crippen LogP contribution in [-0.4, -0.2) is 41.8 Å². The number of amides is 1. The third kappa shape index (κ3) is 4.39. The van der Waals surface area contributed by atoms with Crippen molar-refractivity contribution in [3.8, 4) is 0 Å². The second-order valence-corrected chi connectivity index (χ2v) is 9.81. The molecule has 0 unspecified atom stereocenters. The number of carbonyl (C=O) groups is 2. The lowest BCUT2D eigenvalue weighted by Gasteiger charge is -2.32. The highest BCUT2D eigenvalue weighted by Gasteiger charge is 2.40. The fraction of sp³-hybridized carbons (Fsp3) is 0.364. The molecule has 2 atom stereocenters. The van der Waals surface area contributed by atoms with Gasteiger partial charge in [-0.2, -0.15) is 4.31 Å². The fourth-order valence-electron chi connectivity index (χ4n) is 3.70. The van der Waals surface area contributed by atoms with Crippen LogP contribution in [-0.2, 0) is 32.6 Å². The maximum Gasteiger partial charge on any atom is 0.326 e. The molecule has 0 saturated carbocycles. The van der Waals surface area contributed by atoms with Gasteiger partial charge in [0.05, 0.1) is 4.90 Å². The maximum absolute atomic E-state index is 13.6. The summed E-state index contributed by atoms with van der Waals surface area (Å²) < 4.78 is 28.4. The van der Waals surface area contributed by atoms with Gasteiger partial charge in [0.15, 0.2) is 0 Å². The van der Waals surface area contributed by atoms with E-state index < -0.39 is 34.0 Å². The van der Waals surface area contributed by atoms with Crippen LogP contribution in [0.25, 0.3) is 0 Å². The van der Waals surface area contributed by atoms with Crippen LogP contribution in [0.4, 0.5) is 0 Å². The monoisotopic (exact) mass is 430 g/mol. The highest BCUT2D eigenvalue weighted by molar-refractivity contribution is 7.89. The molecule has 1 amide bonds. The number of rotatable bonds is 4. The Kier molecular flexibility index (Phi) is 6.28. The van der Waals surface area contributed by atoms with Crippen molar-refractivity contribution in [3.05, 3.63) is 65.2 Å². The molecule has 1 aliphatic heterocycles. The molecule has 0 fully saturated rings. The predicted octanol–water partition coefficient (Wildman–Crippen LogP) is 2.34. The van der Waals surface area contributed by atoms with Gasteiger partial charge in [-0.15, -0.1) is 0 Å². The molecule has 2 aromatic carbocycles. The number of carboxylic acid groups (broad SMARTS) is 1. The summed E-state index contributed by atoms with van der Waals surface area (Å²) in [4.78, 5) is 24.9. The summed E-state index contributed by atoms with van der Waals surface area (Å²) in [6, 6.07) is 11.4. The SMILES string of the molecule is Cc1ccc(S(=O)(=O)N2Cc3ccccc3C[C@H](C(=O)O)NC(=O)[C@@H]2C(C)C)cc1. The van der Waals surface area contributed by atoms with Gasteiger partial charge in [-0.1, -0.05) is 55.8 Å². The molecular weight excluding hydrogens is 404 g/mol. The number of nitrogens with zero attached hydrogens (tertiary/aromatic N) is 1. The Morgan fingerprint density at radius 3 is 2.27 bits per heavy atom. The van der Waals surface area contributed by atoms with E-state index in [9.17, 15) is 23.1 Å². The summed E-state index contributed by atoms with van der Waals surface area (Å²) in [5.74, 6) is -2.14. The quantitative estimate of drug-likeness (QED) is 0.775. The first-order valence-electron chi connectivity index (χ1n) is 9.79. The lowest BCUT2D eigenvalue weighted by molar-refractivity contribution is -0.142. The minimum atomic E-state index is -4.02. The average Bonchev–Trinajstić information content (AvgIpc) is 2.74. The van der Waals surface area contributed by atoms with Crippen LogP contribution in [0.5, 0.6) is 0 Å². The van der Waals surface area contributed by atoms with E-state index in [0.29, 0.717) is 11.1 Å². The lowest BCUT2D eigenvalue weighted by atomic mass is 10.0. The highest BCUT2D eigenvalue weighted by Crippen LogP contribution is 2.28. The molecule has 8 heteroatoms. The summed E-state index contributed by atoms with van der Waals surface area (Å²) >= 11 is 0. The molecule has 0 aromatic heterocycles. The molecule has 7 nitrogen and oxygen atoms in total. The molecule has 0 spiro atoms. The Morgan fingerprint density at radius 1 is 1.10 bits per heavy atom. The van der Waals surface area contributed by atoms with Gasteiger partial charge in [-0.05, 0) is 36.1 Å². The first kappa shape index (κ1) is 22.0. The molecule has 0 aliphatic carbocycles. The van der Waals surface area contributed by atoms with E-state index in [1.807, 2.05) is 6.92 Å². The Labute approximate surface area is 176 Å². The van der Waals surface area contributed by atoms with E-state index in [2.05, 4.69) is 5.32 Å². The van der Waals surface area contributed by atoms with Crippen LogP contribution in [0.15, 0.2) is 53.4 Å². The molecule has 1 heterocycles. The first-order chi connectivity index (χ1) is 14.1. The van der Waals surface area contributed by atoms with Crippen molar-refractivity contribution < 1.29 is 23.1 Å². The molecule has 160 valence electrons. The number of benzene rings is 2. The van der Waals surface area contributed by atoms with Crippen molar-refractivity contribution in [2.24, 2.45) is 5.92 Å². The topological polar surface area (TPSA) is 104 Å². The van der Waals surface area contributed by atoms with Gasteiger partial charge in [0, 0.05) is 13.0 Å². The predicted molar refractivity (Wildman–Crippen MR) is 112 cm³/mol. The van der Waals surface area contributed by atoms with Crippen LogP contribution in [0.1, 0.15) is 30.5 Å². The second-order valence-electron chi connectivity index (χ2n) is 7.92. The van der Waals surface area contributed by atoms with E-state index in [-0.39, 0.29) is 23.8 Å². The van der Waals surface area contributed by atoms with E-state index >= 15 is 0 Å². The van der Waals surface area contributed by atoms with E-state index in [0.717, 1.165) is 5.56 Å². The minimum absolute atomic E-state index is 0.0189. The van der Waals surface area contributed by atoms with Crippen LogP contribution in [0.3, 0.4) is 0 Å². The Balaban J connectivity index is 2.17. The number of aliphatic carboxylic acids is 1. The van der Waals surface area contributed by atoms with Gasteiger partial charge in [-0.3, -0.25) is 4.79 Å². The number of hydrogen-bond donors (Lipinski definition) is 2. The van der Waals surface area contributed by atoms with Crippen molar-refractivity contribution >= 4 is 21.9 Å². The zero-order valence-corrected chi connectivity index (χ0v) is 18.0. The molecule has 3 rings (SSSR count). The molecule has 1 aliphatic rings.